The van der Waals surface area contributed by atoms with E-state index in [-0.39, 0.29) is 59.3 Å². The molecule has 0 saturated carbocycles. The number of methoxy groups -OCH3 is 1. The van der Waals surface area contributed by atoms with Crippen molar-refractivity contribution in [2.24, 2.45) is 7.05 Å². The molecule has 0 bridgehead atoms. The molecule has 3 N–H and O–H groups in total. The van der Waals surface area contributed by atoms with Gasteiger partial charge in [0.15, 0.2) is 0 Å². The van der Waals surface area contributed by atoms with Crippen molar-refractivity contribution in [3.05, 3.63) is 143 Å². The Hall–Kier alpha value is -10.5. The second-order valence-corrected chi connectivity index (χ2v) is 24.9. The number of amides is 3. The summed E-state index contributed by atoms with van der Waals surface area (Å²) < 4.78 is 74.2. The van der Waals surface area contributed by atoms with Crippen LogP contribution in [0.15, 0.2) is 110 Å². The van der Waals surface area contributed by atoms with Crippen molar-refractivity contribution in [2.75, 3.05) is 56.4 Å². The number of likely N-dealkylation sites (N-methyl/N-ethyl adjacent to an activating group) is 1. The van der Waals surface area contributed by atoms with Gasteiger partial charge in [0.2, 0.25) is 35.3 Å². The van der Waals surface area contributed by atoms with Crippen molar-refractivity contribution in [2.45, 2.75) is 109 Å². The lowest BCUT2D eigenvalue weighted by Crippen LogP contribution is -2.31. The zero-order valence-electron chi connectivity index (χ0n) is 52.7. The van der Waals surface area contributed by atoms with Crippen LogP contribution in [-0.4, -0.2) is 152 Å². The van der Waals surface area contributed by atoms with Crippen molar-refractivity contribution >= 4 is 35.2 Å². The molecule has 4 aliphatic heterocycles. The van der Waals surface area contributed by atoms with E-state index in [1.165, 1.54) is 6.07 Å². The first-order valence-electron chi connectivity index (χ1n) is 30.7. The van der Waals surface area contributed by atoms with Crippen molar-refractivity contribution in [3.8, 4) is 69.1 Å². The molecular weight excluding hydrogens is 1210 g/mol. The number of aryl methyl sites for hydroxylation is 3. The van der Waals surface area contributed by atoms with E-state index in [4.69, 9.17) is 43.1 Å². The number of halogens is 2. The molecule has 9 aromatic rings. The molecule has 1 fully saturated rings. The molecule has 13 heterocycles. The largest absolute Gasteiger partial charge is 0.475 e. The number of likely N-dealkylation sites (tertiary alicyclic amines) is 1. The minimum absolute atomic E-state index is 0.0613. The molecule has 0 radical (unpaired) electrons. The number of aromatic nitrogens is 12. The van der Waals surface area contributed by atoms with Crippen molar-refractivity contribution < 1.29 is 56.3 Å². The Bertz CT molecular complexity index is 4370. The number of hydrogen-bond acceptors (Lipinski definition) is 20. The maximum Gasteiger partial charge on any atom is 0.388 e. The number of pyridine rings is 6. The molecule has 0 aromatic carbocycles. The summed E-state index contributed by atoms with van der Waals surface area (Å²) in [7, 11) is 5.40. The van der Waals surface area contributed by atoms with Gasteiger partial charge in [-0.05, 0) is 95.8 Å². The summed E-state index contributed by atoms with van der Waals surface area (Å²) in [4.78, 5) is 71.8. The van der Waals surface area contributed by atoms with Gasteiger partial charge in [-0.25, -0.2) is 15.0 Å². The Kier molecular flexibility index (Phi) is 16.9. The Morgan fingerprint density at radius 3 is 1.55 bits per heavy atom. The standard InChI is InChI=1S/C66H68F2N16O10/c1-64(2)28-38-25-45(60(78-57(38)92-64)89-24-23-88-7)54(85)75-52-15-9-12-49(73-52)42-32-70-84(35-42)22-19-66(4)30-40-27-47(62(91-63(67)68)80-59(40)94-66)56(87)77-53-16-10-13-50(74-53)43-33-71-83(36-43)21-18-65(3)29-39-26-46(61(79-58(39)93-65)90-44-17-20-81(5)37-44)55(86)76-51-14-8-11-48(72-51)41-31-69-82(6)34-41/h8-16,25-27,31-36,44,63H,17-24,28-30,37H2,1-7H3,(H,72,76,86)(H,73,75,85)(H,74,77,87). The number of rotatable bonds is 23. The van der Waals surface area contributed by atoms with Crippen LogP contribution in [0.1, 0.15) is 94.7 Å². The maximum atomic E-state index is 14.1. The van der Waals surface area contributed by atoms with E-state index in [0.717, 1.165) is 29.7 Å². The van der Waals surface area contributed by atoms with Crippen molar-refractivity contribution in [3.63, 3.8) is 0 Å². The van der Waals surface area contributed by atoms with Gasteiger partial charge < -0.3 is 54.0 Å². The number of nitrogens with zero attached hydrogens (tertiary/aromatic N) is 13. The highest BCUT2D eigenvalue weighted by molar-refractivity contribution is 6.07. The molecule has 13 rings (SSSR count). The Morgan fingerprint density at radius 1 is 0.596 bits per heavy atom. The van der Waals surface area contributed by atoms with Crippen LogP contribution in [0.5, 0.6) is 35.3 Å². The topological polar surface area (TPSA) is 286 Å². The van der Waals surface area contributed by atoms with E-state index >= 15 is 0 Å². The monoisotopic (exact) mass is 1280 g/mol. The molecular formula is C66H68F2N16O10. The SMILES string of the molecule is COCCOc1nc2c(cc1C(=O)Nc1cccc(-c3cnn(CCC4(C)Cc5cc(C(=O)Nc6cccc(-c7cnn(CCC8(C)Cc9cc(C(=O)Nc%10cccc(-c%11cnn(C)c%11)n%10)c(OC%10CCN(C)C%10)nc9O8)c7)n6)c(OC(F)F)nc5O4)c3)n1)CC(C)(C)O2. The summed E-state index contributed by atoms with van der Waals surface area (Å²) in [6.07, 6.45) is 13.4. The van der Waals surface area contributed by atoms with Crippen LogP contribution < -0.4 is 44.4 Å². The van der Waals surface area contributed by atoms with Gasteiger partial charge in [-0.3, -0.25) is 28.4 Å². The predicted octanol–water partition coefficient (Wildman–Crippen LogP) is 8.93. The van der Waals surface area contributed by atoms with Crippen LogP contribution in [0, 0.1) is 0 Å². The number of hydrogen-bond donors (Lipinski definition) is 3. The maximum absolute atomic E-state index is 14.1. The Morgan fingerprint density at radius 2 is 1.06 bits per heavy atom. The van der Waals surface area contributed by atoms with Gasteiger partial charge in [0.1, 0.15) is 63.7 Å². The first-order chi connectivity index (χ1) is 45.2. The van der Waals surface area contributed by atoms with E-state index in [0.29, 0.717) is 109 Å². The normalized spacial score (nSPS) is 18.4. The van der Waals surface area contributed by atoms with E-state index in [2.05, 4.69) is 56.1 Å². The smallest absolute Gasteiger partial charge is 0.388 e. The molecule has 1 saturated heterocycles. The van der Waals surface area contributed by atoms with Gasteiger partial charge in [0.25, 0.3) is 17.7 Å². The lowest BCUT2D eigenvalue weighted by atomic mass is 9.95. The lowest BCUT2D eigenvalue weighted by molar-refractivity contribution is -0.0535. The van der Waals surface area contributed by atoms with Crippen molar-refractivity contribution in [1.29, 1.82) is 0 Å². The van der Waals surface area contributed by atoms with Crippen LogP contribution in [-0.2, 0) is 44.1 Å². The molecule has 486 valence electrons. The van der Waals surface area contributed by atoms with Crippen LogP contribution >= 0.6 is 0 Å². The molecule has 28 heteroatoms. The van der Waals surface area contributed by atoms with Gasteiger partial charge in [0, 0.05) is 124 Å². The number of carbonyl (C=O) groups excluding carboxylic acids is 3. The predicted molar refractivity (Wildman–Crippen MR) is 338 cm³/mol. The second-order valence-electron chi connectivity index (χ2n) is 24.9. The lowest BCUT2D eigenvalue weighted by Gasteiger charge is -2.23. The molecule has 3 unspecified atom stereocenters. The van der Waals surface area contributed by atoms with E-state index in [1.54, 1.807) is 94.3 Å². The fraction of sp³-hybridized carbons (Fsp3) is 0.364. The summed E-state index contributed by atoms with van der Waals surface area (Å²) in [6.45, 7) is 7.27. The highest BCUT2D eigenvalue weighted by Crippen LogP contribution is 2.42. The van der Waals surface area contributed by atoms with Gasteiger partial charge >= 0.3 is 6.61 Å². The minimum Gasteiger partial charge on any atom is -0.475 e. The summed E-state index contributed by atoms with van der Waals surface area (Å²) in [6, 6.07) is 20.7. The zero-order valence-corrected chi connectivity index (χ0v) is 52.7. The number of anilines is 3. The summed E-state index contributed by atoms with van der Waals surface area (Å²) in [5.74, 6) is -0.298. The molecule has 4 aliphatic rings. The fourth-order valence-electron chi connectivity index (χ4n) is 11.9. The minimum atomic E-state index is -3.30. The van der Waals surface area contributed by atoms with Crippen LogP contribution in [0.4, 0.5) is 26.2 Å². The highest BCUT2D eigenvalue weighted by atomic mass is 19.3. The molecule has 0 spiro atoms. The van der Waals surface area contributed by atoms with Crippen LogP contribution in [0.2, 0.25) is 0 Å². The van der Waals surface area contributed by atoms with E-state index in [1.807, 2.05) is 72.5 Å². The number of nitrogens with one attached hydrogen (secondary N) is 3. The number of fused-ring (bicyclic) bond motifs is 3. The van der Waals surface area contributed by atoms with Gasteiger partial charge in [-0.15, -0.1) is 0 Å². The van der Waals surface area contributed by atoms with E-state index < -0.39 is 47.0 Å². The molecule has 9 aromatic heterocycles. The van der Waals surface area contributed by atoms with Gasteiger partial charge in [-0.2, -0.15) is 39.0 Å². The first-order valence-corrected chi connectivity index (χ1v) is 30.7. The number of carbonyl (C=O) groups is 3. The Labute approximate surface area is 538 Å². The van der Waals surface area contributed by atoms with Gasteiger partial charge in [0.05, 0.1) is 42.3 Å². The Balaban J connectivity index is 0.631. The third kappa shape index (κ3) is 14.0. The molecule has 94 heavy (non-hydrogen) atoms. The molecule has 3 amide bonds. The first kappa shape index (κ1) is 62.3. The van der Waals surface area contributed by atoms with Crippen molar-refractivity contribution in [1.82, 2.24) is 64.1 Å². The summed E-state index contributed by atoms with van der Waals surface area (Å²) >= 11 is 0. The summed E-state index contributed by atoms with van der Waals surface area (Å²) in [5, 5.41) is 22.0. The molecule has 3 atom stereocenters. The van der Waals surface area contributed by atoms with Crippen LogP contribution in [0.3, 0.4) is 0 Å². The highest BCUT2D eigenvalue weighted by Gasteiger charge is 2.40. The third-order valence-electron chi connectivity index (χ3n) is 16.5. The summed E-state index contributed by atoms with van der Waals surface area (Å²) in [5.41, 5.74) is 4.07. The second kappa shape index (κ2) is 25.5. The average Bonchev–Trinajstić information content (AvgIpc) is 1.62. The molecule has 26 nitrogen and oxygen atoms in total. The zero-order chi connectivity index (χ0) is 65.5. The molecule has 0 aliphatic carbocycles. The average molecular weight is 1280 g/mol. The third-order valence-corrected chi connectivity index (χ3v) is 16.5. The number of alkyl halides is 2. The van der Waals surface area contributed by atoms with Crippen LogP contribution in [0.25, 0.3) is 33.8 Å². The quantitative estimate of drug-likeness (QED) is 0.0504. The van der Waals surface area contributed by atoms with Gasteiger partial charge in [-0.1, -0.05) is 18.2 Å². The number of ether oxygens (including phenoxy) is 7. The van der Waals surface area contributed by atoms with E-state index in [9.17, 15) is 23.2 Å². The fourth-order valence-corrected chi connectivity index (χ4v) is 11.9.